The maximum absolute atomic E-state index is 13.0. The second-order valence-corrected chi connectivity index (χ2v) is 4.09. The fraction of sp³-hybridized carbons (Fsp3) is 0.250. The molecule has 0 unspecified atom stereocenters. The van der Waals surface area contributed by atoms with Gasteiger partial charge in [-0.2, -0.15) is 26.3 Å². The normalized spacial score (nSPS) is 12.7. The summed E-state index contributed by atoms with van der Waals surface area (Å²) in [5, 5.41) is 1.14. The summed E-state index contributed by atoms with van der Waals surface area (Å²) in [6.45, 7) is 0. The number of amides is 1. The van der Waals surface area contributed by atoms with E-state index in [0.717, 1.165) is 13.1 Å². The maximum Gasteiger partial charge on any atom is 0.420 e. The lowest BCUT2D eigenvalue weighted by atomic mass is 10.1. The van der Waals surface area contributed by atoms with E-state index in [4.69, 9.17) is 4.42 Å². The first kappa shape index (κ1) is 15.2. The predicted octanol–water partition coefficient (Wildman–Crippen LogP) is 3.83. The highest BCUT2D eigenvalue weighted by molar-refractivity contribution is 5.99. The molecule has 0 aliphatic heterocycles. The lowest BCUT2D eigenvalue weighted by Crippen LogP contribution is -2.21. The summed E-state index contributed by atoms with van der Waals surface area (Å²) in [6.07, 6.45) is -9.83. The van der Waals surface area contributed by atoms with Gasteiger partial charge in [-0.3, -0.25) is 4.79 Å². The van der Waals surface area contributed by atoms with Crippen molar-refractivity contribution in [1.82, 2.24) is 5.32 Å². The molecule has 0 spiro atoms. The zero-order chi connectivity index (χ0) is 16.0. The summed E-state index contributed by atoms with van der Waals surface area (Å²) in [5.41, 5.74) is -3.23. The van der Waals surface area contributed by atoms with Gasteiger partial charge in [-0.15, -0.1) is 0 Å². The highest BCUT2D eigenvalue weighted by atomic mass is 19.4. The fourth-order valence-electron chi connectivity index (χ4n) is 1.83. The van der Waals surface area contributed by atoms with Gasteiger partial charge in [0.2, 0.25) is 5.76 Å². The van der Waals surface area contributed by atoms with Gasteiger partial charge in [0.15, 0.2) is 0 Å². The van der Waals surface area contributed by atoms with E-state index in [9.17, 15) is 31.1 Å². The lowest BCUT2D eigenvalue weighted by molar-refractivity contribution is -0.139. The van der Waals surface area contributed by atoms with Crippen molar-refractivity contribution in [3.63, 3.8) is 0 Å². The molecule has 0 aliphatic rings. The van der Waals surface area contributed by atoms with Gasteiger partial charge in [0.25, 0.3) is 5.91 Å². The van der Waals surface area contributed by atoms with E-state index in [-0.39, 0.29) is 0 Å². The number of hydrogen-bond donors (Lipinski definition) is 1. The number of fused-ring (bicyclic) bond motifs is 1. The molecular formula is C12H7F6NO2. The number of carbonyl (C=O) groups is 1. The Labute approximate surface area is 113 Å². The van der Waals surface area contributed by atoms with Gasteiger partial charge < -0.3 is 9.73 Å². The van der Waals surface area contributed by atoms with Gasteiger partial charge >= 0.3 is 12.4 Å². The Bertz CT molecular complexity index is 698. The molecule has 0 radical (unpaired) electrons. The zero-order valence-corrected chi connectivity index (χ0v) is 10.3. The first-order valence-corrected chi connectivity index (χ1v) is 5.48. The predicted molar refractivity (Wildman–Crippen MR) is 59.6 cm³/mol. The van der Waals surface area contributed by atoms with E-state index >= 15 is 0 Å². The summed E-state index contributed by atoms with van der Waals surface area (Å²) < 4.78 is 81.5. The van der Waals surface area contributed by atoms with Gasteiger partial charge in [0.05, 0.1) is 5.56 Å². The SMILES string of the molecule is CNC(=O)c1oc2ccc(C(F)(F)F)cc2c1C(F)(F)F. The van der Waals surface area contributed by atoms with Crippen LogP contribution in [0.1, 0.15) is 21.7 Å². The van der Waals surface area contributed by atoms with Crippen LogP contribution in [0.3, 0.4) is 0 Å². The first-order valence-electron chi connectivity index (χ1n) is 5.48. The molecule has 0 atom stereocenters. The van der Waals surface area contributed by atoms with Crippen LogP contribution in [0.2, 0.25) is 0 Å². The average Bonchev–Trinajstić information content (AvgIpc) is 2.74. The number of hydrogen-bond acceptors (Lipinski definition) is 2. The van der Waals surface area contributed by atoms with E-state index in [1.807, 2.05) is 5.32 Å². The minimum Gasteiger partial charge on any atom is -0.450 e. The quantitative estimate of drug-likeness (QED) is 0.813. The Balaban J connectivity index is 2.81. The van der Waals surface area contributed by atoms with Gasteiger partial charge in [-0.25, -0.2) is 0 Å². The number of halogens is 6. The van der Waals surface area contributed by atoms with E-state index in [1.165, 1.54) is 0 Å². The van der Waals surface area contributed by atoms with Gasteiger partial charge in [-0.1, -0.05) is 0 Å². The Morgan fingerprint density at radius 2 is 1.71 bits per heavy atom. The van der Waals surface area contributed by atoms with E-state index in [2.05, 4.69) is 0 Å². The van der Waals surface area contributed by atoms with Gasteiger partial charge in [-0.05, 0) is 18.2 Å². The Morgan fingerprint density at radius 1 is 1.10 bits per heavy atom. The highest BCUT2D eigenvalue weighted by Gasteiger charge is 2.41. The molecule has 0 fully saturated rings. The van der Waals surface area contributed by atoms with Crippen LogP contribution >= 0.6 is 0 Å². The number of rotatable bonds is 1. The standard InChI is InChI=1S/C12H7F6NO2/c1-19-10(20)9-8(12(16,17)18)6-4-5(11(13,14)15)2-3-7(6)21-9/h2-4H,1H3,(H,19,20). The zero-order valence-electron chi connectivity index (χ0n) is 10.3. The van der Waals surface area contributed by atoms with E-state index in [0.29, 0.717) is 12.1 Å². The van der Waals surface area contributed by atoms with Crippen LogP contribution in [0.4, 0.5) is 26.3 Å². The summed E-state index contributed by atoms with van der Waals surface area (Å²) in [7, 11) is 1.08. The van der Waals surface area contributed by atoms with Crippen molar-refractivity contribution < 1.29 is 35.6 Å². The molecule has 0 bridgehead atoms. The molecular weight excluding hydrogens is 304 g/mol. The molecule has 1 aromatic carbocycles. The molecule has 9 heteroatoms. The lowest BCUT2D eigenvalue weighted by Gasteiger charge is -2.08. The topological polar surface area (TPSA) is 42.2 Å². The van der Waals surface area contributed by atoms with Crippen LogP contribution in [0, 0.1) is 0 Å². The van der Waals surface area contributed by atoms with Crippen LogP contribution in [0.15, 0.2) is 22.6 Å². The van der Waals surface area contributed by atoms with Crippen molar-refractivity contribution in [3.05, 3.63) is 35.1 Å². The van der Waals surface area contributed by atoms with Crippen molar-refractivity contribution in [2.24, 2.45) is 0 Å². The van der Waals surface area contributed by atoms with Crippen molar-refractivity contribution in [1.29, 1.82) is 0 Å². The highest BCUT2D eigenvalue weighted by Crippen LogP contribution is 2.41. The smallest absolute Gasteiger partial charge is 0.420 e. The molecule has 1 heterocycles. The largest absolute Gasteiger partial charge is 0.450 e. The minimum atomic E-state index is -5.03. The summed E-state index contributed by atoms with van der Waals surface area (Å²) >= 11 is 0. The first-order chi connectivity index (χ1) is 9.55. The third-order valence-electron chi connectivity index (χ3n) is 2.73. The van der Waals surface area contributed by atoms with E-state index in [1.54, 1.807) is 0 Å². The Kier molecular flexibility index (Phi) is 3.38. The Morgan fingerprint density at radius 3 is 2.19 bits per heavy atom. The molecule has 114 valence electrons. The van der Waals surface area contributed by atoms with Crippen molar-refractivity contribution >= 4 is 16.9 Å². The summed E-state index contributed by atoms with van der Waals surface area (Å²) in [5.74, 6) is -2.24. The van der Waals surface area contributed by atoms with Gasteiger partial charge in [0, 0.05) is 12.4 Å². The molecule has 21 heavy (non-hydrogen) atoms. The molecule has 0 saturated heterocycles. The Hall–Kier alpha value is -2.19. The summed E-state index contributed by atoms with van der Waals surface area (Å²) in [6, 6.07) is 1.65. The molecule has 0 aliphatic carbocycles. The van der Waals surface area contributed by atoms with E-state index < -0.39 is 46.1 Å². The third kappa shape index (κ3) is 2.67. The monoisotopic (exact) mass is 311 g/mol. The van der Waals surface area contributed by atoms with Crippen molar-refractivity contribution in [2.75, 3.05) is 7.05 Å². The maximum atomic E-state index is 13.0. The number of alkyl halides is 6. The molecule has 1 aromatic heterocycles. The number of nitrogens with one attached hydrogen (secondary N) is 1. The third-order valence-corrected chi connectivity index (χ3v) is 2.73. The molecule has 0 saturated carbocycles. The minimum absolute atomic E-state index is 0.314. The number of benzene rings is 1. The second kappa shape index (κ2) is 4.68. The molecule has 2 aromatic rings. The van der Waals surface area contributed by atoms with Crippen LogP contribution in [0.25, 0.3) is 11.0 Å². The van der Waals surface area contributed by atoms with Crippen LogP contribution in [-0.4, -0.2) is 13.0 Å². The fourth-order valence-corrected chi connectivity index (χ4v) is 1.83. The molecule has 1 N–H and O–H groups in total. The summed E-state index contributed by atoms with van der Waals surface area (Å²) in [4.78, 5) is 11.4. The van der Waals surface area contributed by atoms with Crippen LogP contribution in [0.5, 0.6) is 0 Å². The second-order valence-electron chi connectivity index (χ2n) is 4.09. The van der Waals surface area contributed by atoms with Gasteiger partial charge in [0.1, 0.15) is 11.1 Å². The van der Waals surface area contributed by atoms with Crippen LogP contribution < -0.4 is 5.32 Å². The van der Waals surface area contributed by atoms with Crippen LogP contribution in [-0.2, 0) is 12.4 Å². The number of carbonyl (C=O) groups excluding carboxylic acids is 1. The average molecular weight is 311 g/mol. The number of furan rings is 1. The van der Waals surface area contributed by atoms with Crippen molar-refractivity contribution in [2.45, 2.75) is 12.4 Å². The molecule has 1 amide bonds. The molecule has 3 nitrogen and oxygen atoms in total. The molecule has 2 rings (SSSR count). The van der Waals surface area contributed by atoms with Crippen molar-refractivity contribution in [3.8, 4) is 0 Å².